The Kier molecular flexibility index (Phi) is 8.48. The van der Waals surface area contributed by atoms with Gasteiger partial charge in [-0.3, -0.25) is 9.52 Å². The van der Waals surface area contributed by atoms with Crippen molar-refractivity contribution in [2.45, 2.75) is 70.3 Å². The molecule has 1 aromatic heterocycles. The standard InChI is InChI=1S/C30H39F2N7O5S/c1-20-18-25(36-27(33-20)39-14-10-30(31,32)11-15-39)35-26(40)23-5-4-22(19-24(23)38-12-8-29(6-7-29)9-13-38)37-45(42,43)17-16-44-28(41)34-21-2-3-21/h4-5,18-19,21,37H,2-3,6-17H2,1H3,(H,34,41)(H,33,35,36,40). The predicted molar refractivity (Wildman–Crippen MR) is 166 cm³/mol. The molecule has 3 heterocycles. The minimum absolute atomic E-state index is 0.108. The van der Waals surface area contributed by atoms with E-state index >= 15 is 0 Å². The average Bonchev–Trinajstić information content (AvgIpc) is 3.91. The van der Waals surface area contributed by atoms with Crippen molar-refractivity contribution in [3.05, 3.63) is 35.5 Å². The largest absolute Gasteiger partial charge is 0.448 e. The fourth-order valence-electron chi connectivity index (χ4n) is 5.83. The Morgan fingerprint density at radius 2 is 1.67 bits per heavy atom. The van der Waals surface area contributed by atoms with Crippen LogP contribution in [0.3, 0.4) is 0 Å². The van der Waals surface area contributed by atoms with E-state index < -0.39 is 33.7 Å². The van der Waals surface area contributed by atoms with Gasteiger partial charge in [0.15, 0.2) is 0 Å². The molecular weight excluding hydrogens is 608 g/mol. The molecule has 45 heavy (non-hydrogen) atoms. The van der Waals surface area contributed by atoms with Crippen LogP contribution in [0.1, 0.15) is 67.4 Å². The molecule has 2 saturated carbocycles. The first kappa shape index (κ1) is 31.2. The Hall–Kier alpha value is -3.75. The maximum Gasteiger partial charge on any atom is 0.407 e. The Bertz CT molecular complexity index is 1550. The van der Waals surface area contributed by atoms with E-state index in [9.17, 15) is 26.8 Å². The fourth-order valence-corrected chi connectivity index (χ4v) is 6.72. The van der Waals surface area contributed by atoms with Crippen molar-refractivity contribution in [2.75, 3.05) is 58.4 Å². The van der Waals surface area contributed by atoms with Crippen molar-refractivity contribution in [3.63, 3.8) is 0 Å². The van der Waals surface area contributed by atoms with Crippen LogP contribution in [0.25, 0.3) is 0 Å². The highest BCUT2D eigenvalue weighted by molar-refractivity contribution is 7.92. The van der Waals surface area contributed by atoms with E-state index in [1.54, 1.807) is 30.0 Å². The van der Waals surface area contributed by atoms with Gasteiger partial charge >= 0.3 is 6.09 Å². The van der Waals surface area contributed by atoms with Crippen LogP contribution in [-0.4, -0.2) is 80.9 Å². The number of nitrogens with one attached hydrogen (secondary N) is 3. The summed E-state index contributed by atoms with van der Waals surface area (Å²) < 4.78 is 60.6. The van der Waals surface area contributed by atoms with Crippen molar-refractivity contribution in [1.82, 2.24) is 15.3 Å². The Labute approximate surface area is 261 Å². The lowest BCUT2D eigenvalue weighted by molar-refractivity contribution is -0.0222. The van der Waals surface area contributed by atoms with Gasteiger partial charge in [-0.05, 0) is 69.1 Å². The quantitative estimate of drug-likeness (QED) is 0.344. The molecule has 1 spiro atoms. The van der Waals surface area contributed by atoms with E-state index in [1.807, 2.05) is 0 Å². The minimum Gasteiger partial charge on any atom is -0.448 e. The Morgan fingerprint density at radius 1 is 0.978 bits per heavy atom. The highest BCUT2D eigenvalue weighted by Crippen LogP contribution is 2.54. The second-order valence-electron chi connectivity index (χ2n) is 12.7. The summed E-state index contributed by atoms with van der Waals surface area (Å²) in [5.74, 6) is -3.03. The third-order valence-corrected chi connectivity index (χ3v) is 10.2. The van der Waals surface area contributed by atoms with Crippen molar-refractivity contribution in [2.24, 2.45) is 5.41 Å². The SMILES string of the molecule is Cc1cc(NC(=O)c2ccc(NS(=O)(=O)CCOC(=O)NC3CC3)cc2N2CCC3(CC2)CC3)nc(N2CCC(F)(F)CC2)n1. The molecule has 6 rings (SSSR count). The summed E-state index contributed by atoms with van der Waals surface area (Å²) in [6.45, 7) is 3.14. The summed E-state index contributed by atoms with van der Waals surface area (Å²) in [5, 5.41) is 5.49. The van der Waals surface area contributed by atoms with Gasteiger partial charge in [0.05, 0.1) is 16.9 Å². The molecule has 3 N–H and O–H groups in total. The maximum atomic E-state index is 13.7. The number of aryl methyl sites for hydroxylation is 1. The lowest BCUT2D eigenvalue weighted by Gasteiger charge is -2.35. The van der Waals surface area contributed by atoms with Gasteiger partial charge in [-0.15, -0.1) is 0 Å². The van der Waals surface area contributed by atoms with E-state index in [2.05, 4.69) is 30.2 Å². The molecule has 2 amide bonds. The lowest BCUT2D eigenvalue weighted by atomic mass is 9.93. The number of hydrogen-bond donors (Lipinski definition) is 3. The van der Waals surface area contributed by atoms with Crippen molar-refractivity contribution in [3.8, 4) is 0 Å². The maximum absolute atomic E-state index is 13.7. The number of carbonyl (C=O) groups is 2. The van der Waals surface area contributed by atoms with Crippen LogP contribution >= 0.6 is 0 Å². The van der Waals surface area contributed by atoms with Gasteiger partial charge in [-0.25, -0.2) is 27.0 Å². The molecule has 1 aromatic carbocycles. The second kappa shape index (κ2) is 12.2. The van der Waals surface area contributed by atoms with Crippen molar-refractivity contribution >= 4 is 45.2 Å². The van der Waals surface area contributed by atoms with E-state index in [0.717, 1.165) is 38.8 Å². The van der Waals surface area contributed by atoms with Gasteiger partial charge in [0, 0.05) is 56.8 Å². The molecule has 4 aliphatic rings. The fraction of sp³-hybridized carbons (Fsp3) is 0.600. The molecule has 2 aliphatic heterocycles. The number of amides is 2. The molecular formula is C30H39F2N7O5S. The molecule has 2 aromatic rings. The molecule has 0 atom stereocenters. The number of piperidine rings is 2. The van der Waals surface area contributed by atoms with Crippen molar-refractivity contribution in [1.29, 1.82) is 0 Å². The number of sulfonamides is 1. The molecule has 2 saturated heterocycles. The van der Waals surface area contributed by atoms with Gasteiger partial charge in [0.25, 0.3) is 11.8 Å². The molecule has 15 heteroatoms. The molecule has 2 aliphatic carbocycles. The molecule has 0 unspecified atom stereocenters. The van der Waals surface area contributed by atoms with Crippen LogP contribution < -0.4 is 25.2 Å². The van der Waals surface area contributed by atoms with Crippen LogP contribution in [0.5, 0.6) is 0 Å². The number of aromatic nitrogens is 2. The first-order valence-corrected chi connectivity index (χ1v) is 17.2. The summed E-state index contributed by atoms with van der Waals surface area (Å²) in [5.41, 5.74) is 2.19. The highest BCUT2D eigenvalue weighted by atomic mass is 32.2. The number of carbonyl (C=O) groups excluding carboxylic acids is 2. The Balaban J connectivity index is 1.17. The number of rotatable bonds is 10. The van der Waals surface area contributed by atoms with Gasteiger partial charge in [0.1, 0.15) is 18.2 Å². The monoisotopic (exact) mass is 647 g/mol. The topological polar surface area (TPSA) is 146 Å². The van der Waals surface area contributed by atoms with E-state index in [1.165, 1.54) is 18.9 Å². The zero-order valence-electron chi connectivity index (χ0n) is 25.3. The number of ether oxygens (including phenoxy) is 1. The van der Waals surface area contributed by atoms with Gasteiger partial charge in [0.2, 0.25) is 16.0 Å². The summed E-state index contributed by atoms with van der Waals surface area (Å²) >= 11 is 0. The van der Waals surface area contributed by atoms with E-state index in [4.69, 9.17) is 4.74 Å². The number of anilines is 4. The average molecular weight is 648 g/mol. The number of hydrogen-bond acceptors (Lipinski definition) is 9. The molecule has 4 fully saturated rings. The van der Waals surface area contributed by atoms with Crippen LogP contribution in [-0.2, 0) is 14.8 Å². The van der Waals surface area contributed by atoms with Gasteiger partial charge in [-0.1, -0.05) is 0 Å². The lowest BCUT2D eigenvalue weighted by Crippen LogP contribution is -2.40. The van der Waals surface area contributed by atoms with E-state index in [0.29, 0.717) is 22.4 Å². The third-order valence-electron chi connectivity index (χ3n) is 8.98. The van der Waals surface area contributed by atoms with Crippen LogP contribution in [0.2, 0.25) is 0 Å². The highest BCUT2D eigenvalue weighted by Gasteiger charge is 2.44. The van der Waals surface area contributed by atoms with Crippen LogP contribution in [0, 0.1) is 12.3 Å². The number of alkyl halides is 2. The zero-order valence-corrected chi connectivity index (χ0v) is 26.1. The number of halogens is 2. The zero-order chi connectivity index (χ0) is 31.8. The first-order chi connectivity index (χ1) is 21.4. The molecule has 12 nitrogen and oxygen atoms in total. The summed E-state index contributed by atoms with van der Waals surface area (Å²) in [7, 11) is -3.85. The Morgan fingerprint density at radius 3 is 2.33 bits per heavy atom. The predicted octanol–water partition coefficient (Wildman–Crippen LogP) is 4.28. The smallest absolute Gasteiger partial charge is 0.407 e. The van der Waals surface area contributed by atoms with Gasteiger partial charge in [-0.2, -0.15) is 4.98 Å². The summed E-state index contributed by atoms with van der Waals surface area (Å²) in [6.07, 6.45) is 4.99. The molecule has 244 valence electrons. The summed E-state index contributed by atoms with van der Waals surface area (Å²) in [6, 6.07) is 6.48. The second-order valence-corrected chi connectivity index (χ2v) is 14.5. The summed E-state index contributed by atoms with van der Waals surface area (Å²) in [4.78, 5) is 38.1. The number of alkyl carbamates (subject to hydrolysis) is 1. The van der Waals surface area contributed by atoms with Crippen LogP contribution in [0.4, 0.5) is 36.7 Å². The first-order valence-electron chi connectivity index (χ1n) is 15.5. The third kappa shape index (κ3) is 8.10. The number of benzene rings is 1. The van der Waals surface area contributed by atoms with E-state index in [-0.39, 0.29) is 56.0 Å². The van der Waals surface area contributed by atoms with Crippen molar-refractivity contribution < 1.29 is 31.5 Å². The van der Waals surface area contributed by atoms with Crippen LogP contribution in [0.15, 0.2) is 24.3 Å². The molecule has 0 radical (unpaired) electrons. The minimum atomic E-state index is -3.85. The molecule has 0 bridgehead atoms. The number of nitrogens with zero attached hydrogens (tertiary/aromatic N) is 4. The van der Waals surface area contributed by atoms with Gasteiger partial charge < -0.3 is 25.2 Å². The normalized spacial score (nSPS) is 20.4.